The van der Waals surface area contributed by atoms with E-state index in [0.29, 0.717) is 12.8 Å². The first kappa shape index (κ1) is 18.8. The zero-order valence-electron chi connectivity index (χ0n) is 13.5. The molecule has 0 N–H and O–H groups in total. The number of ether oxygens (including phenoxy) is 1. The Labute approximate surface area is 119 Å². The molecule has 0 fully saturated rings. The Morgan fingerprint density at radius 3 is 1.53 bits per heavy atom. The minimum absolute atomic E-state index is 0.0394. The summed E-state index contributed by atoms with van der Waals surface area (Å²) >= 11 is 0. The lowest BCUT2D eigenvalue weighted by atomic mass is 10.4. The van der Waals surface area contributed by atoms with Gasteiger partial charge in [0.1, 0.15) is 6.23 Å². The molecule has 0 aromatic heterocycles. The highest BCUT2D eigenvalue weighted by atomic mass is 28.4. The lowest BCUT2D eigenvalue weighted by Gasteiger charge is -2.34. The number of hydrogen-bond acceptors (Lipinski definition) is 4. The SMILES string of the molecule is C=C(C)COC[Si](OC(C)C)(OC(C)C)OC(C)C. The number of rotatable bonds is 10. The zero-order valence-corrected chi connectivity index (χ0v) is 14.5. The van der Waals surface area contributed by atoms with E-state index in [2.05, 4.69) is 6.58 Å². The molecule has 0 aromatic carbocycles. The second-order valence-electron chi connectivity index (χ2n) is 5.63. The smallest absolute Gasteiger partial charge is 0.373 e. The van der Waals surface area contributed by atoms with E-state index in [-0.39, 0.29) is 18.3 Å². The summed E-state index contributed by atoms with van der Waals surface area (Å²) < 4.78 is 23.6. The fraction of sp³-hybridized carbons (Fsp3) is 0.857. The minimum atomic E-state index is -2.81. The van der Waals surface area contributed by atoms with Crippen LogP contribution in [0.3, 0.4) is 0 Å². The van der Waals surface area contributed by atoms with Gasteiger partial charge in [-0.15, -0.1) is 0 Å². The molecule has 0 aliphatic carbocycles. The molecule has 0 heterocycles. The summed E-state index contributed by atoms with van der Waals surface area (Å²) in [6.07, 6.45) is 0.474. The van der Waals surface area contributed by atoms with E-state index in [4.69, 9.17) is 18.0 Å². The minimum Gasteiger partial charge on any atom is -0.373 e. The third-order valence-corrected chi connectivity index (χ3v) is 4.92. The average molecular weight is 290 g/mol. The van der Waals surface area contributed by atoms with Crippen molar-refractivity contribution in [3.05, 3.63) is 12.2 Å². The van der Waals surface area contributed by atoms with Gasteiger partial charge in [-0.3, -0.25) is 0 Å². The van der Waals surface area contributed by atoms with Crippen molar-refractivity contribution < 1.29 is 18.0 Å². The van der Waals surface area contributed by atoms with Gasteiger partial charge < -0.3 is 18.0 Å². The van der Waals surface area contributed by atoms with Crippen LogP contribution in [0.15, 0.2) is 12.2 Å². The highest BCUT2D eigenvalue weighted by Crippen LogP contribution is 2.18. The lowest BCUT2D eigenvalue weighted by molar-refractivity contribution is -0.0199. The Kier molecular flexibility index (Phi) is 8.77. The first-order chi connectivity index (χ1) is 8.67. The average Bonchev–Trinajstić information content (AvgIpc) is 2.12. The van der Waals surface area contributed by atoms with Crippen LogP contribution in [0.4, 0.5) is 0 Å². The Morgan fingerprint density at radius 2 is 1.26 bits per heavy atom. The van der Waals surface area contributed by atoms with Crippen LogP contribution in [0.1, 0.15) is 48.5 Å². The van der Waals surface area contributed by atoms with Crippen molar-refractivity contribution in [2.75, 3.05) is 12.8 Å². The van der Waals surface area contributed by atoms with Gasteiger partial charge in [0.05, 0.1) is 6.61 Å². The highest BCUT2D eigenvalue weighted by Gasteiger charge is 2.45. The molecular weight excluding hydrogens is 260 g/mol. The fourth-order valence-electron chi connectivity index (χ4n) is 1.61. The molecule has 0 aliphatic heterocycles. The maximum Gasteiger partial charge on any atom is 0.528 e. The van der Waals surface area contributed by atoms with Crippen LogP contribution in [0.2, 0.25) is 0 Å². The van der Waals surface area contributed by atoms with Crippen LogP contribution in [-0.2, 0) is 18.0 Å². The van der Waals surface area contributed by atoms with Gasteiger partial charge in [-0.05, 0) is 48.5 Å². The van der Waals surface area contributed by atoms with Crippen molar-refractivity contribution in [3.63, 3.8) is 0 Å². The monoisotopic (exact) mass is 290 g/mol. The van der Waals surface area contributed by atoms with Gasteiger partial charge in [-0.2, -0.15) is 0 Å². The van der Waals surface area contributed by atoms with Crippen LogP contribution < -0.4 is 0 Å². The second-order valence-corrected chi connectivity index (χ2v) is 7.99. The van der Waals surface area contributed by atoms with Gasteiger partial charge in [-0.1, -0.05) is 12.2 Å². The quantitative estimate of drug-likeness (QED) is 0.457. The molecule has 0 amide bonds. The van der Waals surface area contributed by atoms with E-state index in [1.165, 1.54) is 0 Å². The van der Waals surface area contributed by atoms with E-state index in [9.17, 15) is 0 Å². The maximum absolute atomic E-state index is 5.98. The molecule has 4 nitrogen and oxygen atoms in total. The Hall–Kier alpha value is -0.203. The third-order valence-electron chi connectivity index (χ3n) is 1.87. The van der Waals surface area contributed by atoms with Crippen molar-refractivity contribution in [2.24, 2.45) is 0 Å². The van der Waals surface area contributed by atoms with Gasteiger partial charge in [0, 0.05) is 18.3 Å². The summed E-state index contributed by atoms with van der Waals surface area (Å²) in [6.45, 7) is 18.1. The Morgan fingerprint density at radius 1 is 0.895 bits per heavy atom. The molecule has 0 saturated carbocycles. The number of hydrogen-bond donors (Lipinski definition) is 0. The van der Waals surface area contributed by atoms with Crippen molar-refractivity contribution in [1.29, 1.82) is 0 Å². The Balaban J connectivity index is 4.82. The van der Waals surface area contributed by atoms with Gasteiger partial charge in [0.15, 0.2) is 0 Å². The molecule has 0 spiro atoms. The molecule has 0 unspecified atom stereocenters. The summed E-state index contributed by atoms with van der Waals surface area (Å²) in [4.78, 5) is 0. The first-order valence-electron chi connectivity index (χ1n) is 6.92. The summed E-state index contributed by atoms with van der Waals surface area (Å²) in [5.74, 6) is 0. The molecule has 0 atom stereocenters. The lowest BCUT2D eigenvalue weighted by Crippen LogP contribution is -2.55. The van der Waals surface area contributed by atoms with E-state index in [0.717, 1.165) is 5.57 Å². The topological polar surface area (TPSA) is 36.9 Å². The van der Waals surface area contributed by atoms with E-state index in [1.54, 1.807) is 0 Å². The zero-order chi connectivity index (χ0) is 15.1. The molecule has 19 heavy (non-hydrogen) atoms. The molecule has 0 rings (SSSR count). The van der Waals surface area contributed by atoms with E-state index in [1.807, 2.05) is 48.5 Å². The highest BCUT2D eigenvalue weighted by molar-refractivity contribution is 6.60. The molecule has 0 saturated heterocycles. The van der Waals surface area contributed by atoms with Gasteiger partial charge in [0.25, 0.3) is 0 Å². The van der Waals surface area contributed by atoms with Gasteiger partial charge in [-0.25, -0.2) is 0 Å². The molecule has 0 aromatic rings. The molecule has 0 aliphatic rings. The van der Waals surface area contributed by atoms with Crippen LogP contribution in [0.25, 0.3) is 0 Å². The largest absolute Gasteiger partial charge is 0.528 e. The van der Waals surface area contributed by atoms with E-state index >= 15 is 0 Å². The molecule has 0 bridgehead atoms. The van der Waals surface area contributed by atoms with Crippen molar-refractivity contribution in [1.82, 2.24) is 0 Å². The summed E-state index contributed by atoms with van der Waals surface area (Å²) in [5.41, 5.74) is 0.974. The van der Waals surface area contributed by atoms with Crippen LogP contribution >= 0.6 is 0 Å². The van der Waals surface area contributed by atoms with E-state index < -0.39 is 8.80 Å². The van der Waals surface area contributed by atoms with Crippen molar-refractivity contribution >= 4 is 8.80 Å². The first-order valence-corrected chi connectivity index (χ1v) is 8.85. The molecule has 5 heteroatoms. The standard InChI is InChI=1S/C14H30O4Si/c1-11(2)9-15-10-19(16-12(3)4,17-13(5)6)18-14(7)8/h12-14H,1,9-10H2,2-8H3. The normalized spacial score (nSPS) is 12.7. The predicted octanol–water partition coefficient (Wildman–Crippen LogP) is 3.33. The van der Waals surface area contributed by atoms with Crippen LogP contribution in [-0.4, -0.2) is 40.0 Å². The maximum atomic E-state index is 5.98. The summed E-state index contributed by atoms with van der Waals surface area (Å²) in [7, 11) is -2.81. The third kappa shape index (κ3) is 9.35. The fourth-order valence-corrected chi connectivity index (χ4v) is 4.49. The van der Waals surface area contributed by atoms with Crippen molar-refractivity contribution in [2.45, 2.75) is 66.8 Å². The van der Waals surface area contributed by atoms with Crippen LogP contribution in [0.5, 0.6) is 0 Å². The van der Waals surface area contributed by atoms with Crippen molar-refractivity contribution in [3.8, 4) is 0 Å². The second kappa shape index (κ2) is 8.87. The summed E-state index contributed by atoms with van der Waals surface area (Å²) in [5, 5.41) is 0. The van der Waals surface area contributed by atoms with Crippen LogP contribution in [0, 0.1) is 0 Å². The summed E-state index contributed by atoms with van der Waals surface area (Å²) in [6, 6.07) is 0. The Bertz CT molecular complexity index is 238. The van der Waals surface area contributed by atoms with Gasteiger partial charge in [0.2, 0.25) is 0 Å². The van der Waals surface area contributed by atoms with Gasteiger partial charge >= 0.3 is 8.80 Å². The molecular formula is C14H30O4Si. The predicted molar refractivity (Wildman–Crippen MR) is 80.1 cm³/mol. The molecule has 114 valence electrons. The molecule has 0 radical (unpaired) electrons.